The molecule has 1 aromatic carbocycles. The van der Waals surface area contributed by atoms with Crippen LogP contribution in [0.25, 0.3) is 10.9 Å². The van der Waals surface area contributed by atoms with Crippen molar-refractivity contribution in [3.63, 3.8) is 0 Å². The molecule has 2 fully saturated rings. The molecule has 2 amide bonds. The zero-order valence-corrected chi connectivity index (χ0v) is 17.2. The third kappa shape index (κ3) is 4.74. The predicted octanol–water partition coefficient (Wildman–Crippen LogP) is 5.44. The Morgan fingerprint density at radius 3 is 2.40 bits per heavy atom. The molecule has 2 aliphatic rings. The molecule has 1 aromatic heterocycles. The Labute approximate surface area is 178 Å². The molecule has 0 unspecified atom stereocenters. The smallest absolute Gasteiger partial charge is 0.382 e. The summed E-state index contributed by atoms with van der Waals surface area (Å²) in [6.45, 7) is 1.61. The molecule has 30 heavy (non-hydrogen) atoms. The zero-order valence-electron chi connectivity index (χ0n) is 16.4. The molecule has 0 spiro atoms. The van der Waals surface area contributed by atoms with Crippen LogP contribution in [0.15, 0.2) is 24.3 Å². The van der Waals surface area contributed by atoms with Crippen LogP contribution in [0.2, 0.25) is 5.02 Å². The molecule has 1 aliphatic heterocycles. The van der Waals surface area contributed by atoms with E-state index in [-0.39, 0.29) is 23.6 Å². The highest BCUT2D eigenvalue weighted by atomic mass is 35.5. The SMILES string of the molecule is O=C(NC1CCC(Nc2cc(C(F)(F)F)nc3ccc(Cl)cc23)CC1)N1CCCC1. The van der Waals surface area contributed by atoms with E-state index in [1.807, 2.05) is 4.90 Å². The summed E-state index contributed by atoms with van der Waals surface area (Å²) in [6.07, 6.45) is 0.664. The lowest BCUT2D eigenvalue weighted by molar-refractivity contribution is -0.140. The van der Waals surface area contributed by atoms with Crippen LogP contribution in [0, 0.1) is 0 Å². The second-order valence-corrected chi connectivity index (χ2v) is 8.49. The lowest BCUT2D eigenvalue weighted by Crippen LogP contribution is -2.46. The van der Waals surface area contributed by atoms with Gasteiger partial charge in [0.1, 0.15) is 5.69 Å². The third-order valence-corrected chi connectivity index (χ3v) is 6.10. The number of benzene rings is 1. The van der Waals surface area contributed by atoms with Gasteiger partial charge in [0.05, 0.1) is 5.52 Å². The average Bonchev–Trinajstić information content (AvgIpc) is 3.24. The molecule has 1 aliphatic carbocycles. The fraction of sp³-hybridized carbons (Fsp3) is 0.524. The Bertz CT molecular complexity index is 922. The van der Waals surface area contributed by atoms with E-state index in [0.717, 1.165) is 57.7 Å². The van der Waals surface area contributed by atoms with Crippen LogP contribution in [0.4, 0.5) is 23.7 Å². The molecule has 0 bridgehead atoms. The highest BCUT2D eigenvalue weighted by molar-refractivity contribution is 6.31. The Balaban J connectivity index is 1.44. The van der Waals surface area contributed by atoms with E-state index in [1.54, 1.807) is 6.07 Å². The topological polar surface area (TPSA) is 57.3 Å². The molecule has 2 N–H and O–H groups in total. The largest absolute Gasteiger partial charge is 0.433 e. The highest BCUT2D eigenvalue weighted by Crippen LogP contribution is 2.35. The summed E-state index contributed by atoms with van der Waals surface area (Å²) >= 11 is 6.06. The normalized spacial score (nSPS) is 22.3. The molecule has 5 nitrogen and oxygen atoms in total. The van der Waals surface area contributed by atoms with Gasteiger partial charge in [-0.2, -0.15) is 13.2 Å². The maximum absolute atomic E-state index is 13.3. The number of anilines is 1. The Hall–Kier alpha value is -2.22. The first-order valence-electron chi connectivity index (χ1n) is 10.3. The fourth-order valence-corrected chi connectivity index (χ4v) is 4.42. The molecule has 162 valence electrons. The molecule has 1 saturated carbocycles. The number of nitrogens with zero attached hydrogens (tertiary/aromatic N) is 2. The van der Waals surface area contributed by atoms with Crippen molar-refractivity contribution in [2.45, 2.75) is 56.8 Å². The average molecular weight is 441 g/mol. The number of urea groups is 1. The molecular weight excluding hydrogens is 417 g/mol. The van der Waals surface area contributed by atoms with Crippen LogP contribution in [-0.2, 0) is 6.18 Å². The number of hydrogen-bond donors (Lipinski definition) is 2. The fourth-order valence-electron chi connectivity index (χ4n) is 4.25. The summed E-state index contributed by atoms with van der Waals surface area (Å²) < 4.78 is 39.9. The summed E-state index contributed by atoms with van der Waals surface area (Å²) in [4.78, 5) is 17.9. The summed E-state index contributed by atoms with van der Waals surface area (Å²) in [6, 6.07) is 5.85. The number of amides is 2. The van der Waals surface area contributed by atoms with Crippen molar-refractivity contribution in [3.05, 3.63) is 35.0 Å². The standard InChI is InChI=1S/C21H24ClF3N4O/c22-13-3-8-17-16(11-13)18(12-19(28-17)21(23,24)25)26-14-4-6-15(7-5-14)27-20(30)29-9-1-2-10-29/h3,8,11-12,14-15H,1-2,4-7,9-10H2,(H,26,28)(H,27,30). The number of pyridine rings is 1. The van der Waals surface area contributed by atoms with E-state index in [1.165, 1.54) is 12.1 Å². The zero-order chi connectivity index (χ0) is 21.3. The molecule has 2 aromatic rings. The van der Waals surface area contributed by atoms with E-state index in [9.17, 15) is 18.0 Å². The Morgan fingerprint density at radius 2 is 1.73 bits per heavy atom. The molecular formula is C21H24ClF3N4O. The van der Waals surface area contributed by atoms with Crippen molar-refractivity contribution in [2.75, 3.05) is 18.4 Å². The van der Waals surface area contributed by atoms with Gasteiger partial charge in [-0.15, -0.1) is 0 Å². The van der Waals surface area contributed by atoms with Crippen molar-refractivity contribution in [1.29, 1.82) is 0 Å². The third-order valence-electron chi connectivity index (χ3n) is 5.87. The first-order valence-corrected chi connectivity index (χ1v) is 10.7. The van der Waals surface area contributed by atoms with Gasteiger partial charge >= 0.3 is 12.2 Å². The number of aromatic nitrogens is 1. The summed E-state index contributed by atoms with van der Waals surface area (Å²) in [7, 11) is 0. The van der Waals surface area contributed by atoms with Gasteiger partial charge < -0.3 is 15.5 Å². The Kier molecular flexibility index (Phi) is 5.95. The van der Waals surface area contributed by atoms with Crippen molar-refractivity contribution < 1.29 is 18.0 Å². The first kappa shape index (κ1) is 21.0. The van der Waals surface area contributed by atoms with Gasteiger partial charge in [-0.25, -0.2) is 9.78 Å². The predicted molar refractivity (Wildman–Crippen MR) is 111 cm³/mol. The number of nitrogens with one attached hydrogen (secondary N) is 2. The highest BCUT2D eigenvalue weighted by Gasteiger charge is 2.34. The quantitative estimate of drug-likeness (QED) is 0.668. The van der Waals surface area contributed by atoms with E-state index < -0.39 is 11.9 Å². The van der Waals surface area contributed by atoms with Gasteiger partial charge in [-0.3, -0.25) is 0 Å². The second-order valence-electron chi connectivity index (χ2n) is 8.05. The first-order chi connectivity index (χ1) is 14.3. The van der Waals surface area contributed by atoms with Crippen LogP contribution in [0.3, 0.4) is 0 Å². The minimum Gasteiger partial charge on any atom is -0.382 e. The van der Waals surface area contributed by atoms with Crippen LogP contribution in [0.1, 0.15) is 44.2 Å². The molecule has 1 saturated heterocycles. The number of halogens is 4. The van der Waals surface area contributed by atoms with Crippen molar-refractivity contribution in [3.8, 4) is 0 Å². The summed E-state index contributed by atoms with van der Waals surface area (Å²) in [5.74, 6) is 0. The van der Waals surface area contributed by atoms with E-state index in [0.29, 0.717) is 16.1 Å². The number of fused-ring (bicyclic) bond motifs is 1. The lowest BCUT2D eigenvalue weighted by Gasteiger charge is -2.31. The van der Waals surface area contributed by atoms with Crippen molar-refractivity contribution in [1.82, 2.24) is 15.2 Å². The lowest BCUT2D eigenvalue weighted by atomic mass is 9.91. The van der Waals surface area contributed by atoms with Crippen molar-refractivity contribution in [2.24, 2.45) is 0 Å². The van der Waals surface area contributed by atoms with Gasteiger partial charge in [0, 0.05) is 41.3 Å². The van der Waals surface area contributed by atoms with Gasteiger partial charge in [0.2, 0.25) is 0 Å². The molecule has 4 rings (SSSR count). The van der Waals surface area contributed by atoms with Crippen LogP contribution >= 0.6 is 11.6 Å². The molecule has 9 heteroatoms. The summed E-state index contributed by atoms with van der Waals surface area (Å²) in [5.41, 5.74) is -0.283. The monoisotopic (exact) mass is 440 g/mol. The van der Waals surface area contributed by atoms with E-state index >= 15 is 0 Å². The number of alkyl halides is 3. The van der Waals surface area contributed by atoms with E-state index in [4.69, 9.17) is 11.6 Å². The number of rotatable bonds is 3. The number of carbonyl (C=O) groups is 1. The van der Waals surface area contributed by atoms with Gasteiger partial charge in [0.15, 0.2) is 0 Å². The van der Waals surface area contributed by atoms with Crippen LogP contribution in [0.5, 0.6) is 0 Å². The maximum atomic E-state index is 13.3. The van der Waals surface area contributed by atoms with Gasteiger partial charge in [0.25, 0.3) is 0 Å². The minimum absolute atomic E-state index is 0.00602. The molecule has 2 heterocycles. The van der Waals surface area contributed by atoms with Crippen molar-refractivity contribution >= 4 is 34.2 Å². The Morgan fingerprint density at radius 1 is 1.07 bits per heavy atom. The summed E-state index contributed by atoms with van der Waals surface area (Å²) in [5, 5.41) is 7.38. The number of hydrogen-bond acceptors (Lipinski definition) is 3. The van der Waals surface area contributed by atoms with Gasteiger partial charge in [-0.05, 0) is 62.8 Å². The van der Waals surface area contributed by atoms with E-state index in [2.05, 4.69) is 15.6 Å². The number of likely N-dealkylation sites (tertiary alicyclic amines) is 1. The number of carbonyl (C=O) groups excluding carboxylic acids is 1. The van der Waals surface area contributed by atoms with Crippen LogP contribution in [-0.4, -0.2) is 41.1 Å². The molecule has 0 radical (unpaired) electrons. The minimum atomic E-state index is -4.53. The second kappa shape index (κ2) is 8.49. The van der Waals surface area contributed by atoms with Gasteiger partial charge in [-0.1, -0.05) is 11.6 Å². The van der Waals surface area contributed by atoms with Crippen LogP contribution < -0.4 is 10.6 Å². The molecule has 0 atom stereocenters. The maximum Gasteiger partial charge on any atom is 0.433 e.